The number of anilines is 1. The number of nitrogens with one attached hydrogen (secondary N) is 2. The number of fused-ring (bicyclic) bond motifs is 1. The van der Waals surface area contributed by atoms with Crippen LogP contribution in [0.3, 0.4) is 0 Å². The lowest BCUT2D eigenvalue weighted by Crippen LogP contribution is -2.32. The molecule has 9 heteroatoms. The van der Waals surface area contributed by atoms with E-state index in [-0.39, 0.29) is 5.11 Å². The van der Waals surface area contributed by atoms with Crippen molar-refractivity contribution in [3.63, 3.8) is 0 Å². The topological polar surface area (TPSA) is 67.2 Å². The van der Waals surface area contributed by atoms with Crippen molar-refractivity contribution in [2.75, 3.05) is 5.32 Å². The smallest absolute Gasteiger partial charge is 0.250 e. The number of aromatic nitrogens is 1. The maximum Gasteiger partial charge on any atom is 0.250 e. The molecule has 0 saturated heterocycles. The molecule has 2 N–H and O–H groups in total. The van der Waals surface area contributed by atoms with Crippen LogP contribution >= 0.6 is 46.8 Å². The molecule has 0 aliphatic heterocycles. The Kier molecular flexibility index (Phi) is 7.16. The van der Waals surface area contributed by atoms with Gasteiger partial charge in [-0.25, -0.2) is 4.98 Å². The van der Waals surface area contributed by atoms with Gasteiger partial charge in [-0.1, -0.05) is 47.5 Å². The van der Waals surface area contributed by atoms with Gasteiger partial charge >= 0.3 is 0 Å². The van der Waals surface area contributed by atoms with Crippen LogP contribution in [0.4, 0.5) is 5.69 Å². The normalized spacial score (nSPS) is 11.2. The molecule has 5 rings (SSSR count). The van der Waals surface area contributed by atoms with Crippen molar-refractivity contribution in [3.05, 3.63) is 101 Å². The Labute approximate surface area is 226 Å². The fourth-order valence-electron chi connectivity index (χ4n) is 3.48. The zero-order chi connectivity index (χ0) is 25.1. The number of benzene rings is 3. The van der Waals surface area contributed by atoms with Gasteiger partial charge in [0.2, 0.25) is 5.91 Å². The minimum atomic E-state index is -0.391. The number of thiocarbonyl (C=S) groups is 1. The Morgan fingerprint density at radius 1 is 1.00 bits per heavy atom. The highest BCUT2D eigenvalue weighted by molar-refractivity contribution is 7.80. The van der Waals surface area contributed by atoms with Gasteiger partial charge in [0, 0.05) is 27.9 Å². The van der Waals surface area contributed by atoms with Crippen LogP contribution in [0.2, 0.25) is 10.0 Å². The van der Waals surface area contributed by atoms with Crippen molar-refractivity contribution in [1.29, 1.82) is 0 Å². The second kappa shape index (κ2) is 10.6. The molecule has 0 spiro atoms. The van der Waals surface area contributed by atoms with Crippen LogP contribution in [0.15, 0.2) is 89.4 Å². The number of thiazole rings is 1. The molecule has 0 aliphatic carbocycles. The number of carbonyl (C=O) groups is 1. The molecule has 178 valence electrons. The quantitative estimate of drug-likeness (QED) is 0.171. The van der Waals surface area contributed by atoms with Crippen molar-refractivity contribution in [3.8, 4) is 21.9 Å². The van der Waals surface area contributed by atoms with Gasteiger partial charge in [-0.05, 0) is 72.9 Å². The Hall–Kier alpha value is -3.49. The first-order chi connectivity index (χ1) is 17.4. The lowest BCUT2D eigenvalue weighted by Gasteiger charge is -2.09. The van der Waals surface area contributed by atoms with E-state index in [1.54, 1.807) is 47.7 Å². The molecule has 0 unspecified atom stereocenters. The average molecular weight is 550 g/mol. The van der Waals surface area contributed by atoms with Crippen molar-refractivity contribution in [2.24, 2.45) is 0 Å². The molecule has 3 aromatic carbocycles. The minimum Gasteiger partial charge on any atom is -0.457 e. The summed E-state index contributed by atoms with van der Waals surface area (Å²) in [6.45, 7) is 0. The lowest BCUT2D eigenvalue weighted by molar-refractivity contribution is -0.115. The first-order valence-corrected chi connectivity index (χ1v) is 12.7. The van der Waals surface area contributed by atoms with E-state index in [1.165, 1.54) is 6.08 Å². The largest absolute Gasteiger partial charge is 0.457 e. The second-order valence-electron chi connectivity index (χ2n) is 7.67. The Bertz CT molecular complexity index is 1590. The van der Waals surface area contributed by atoms with E-state index in [0.29, 0.717) is 27.1 Å². The predicted octanol–water partition coefficient (Wildman–Crippen LogP) is 8.06. The van der Waals surface area contributed by atoms with Crippen molar-refractivity contribution < 1.29 is 9.21 Å². The van der Waals surface area contributed by atoms with Crippen molar-refractivity contribution in [2.45, 2.75) is 0 Å². The fourth-order valence-corrected chi connectivity index (χ4v) is 5.16. The van der Waals surface area contributed by atoms with Gasteiger partial charge in [-0.2, -0.15) is 0 Å². The van der Waals surface area contributed by atoms with E-state index in [4.69, 9.17) is 44.8 Å². The predicted molar refractivity (Wildman–Crippen MR) is 153 cm³/mol. The summed E-state index contributed by atoms with van der Waals surface area (Å²) in [5.74, 6) is 0.674. The van der Waals surface area contributed by atoms with Crippen LogP contribution in [0.5, 0.6) is 0 Å². The van der Waals surface area contributed by atoms with Gasteiger partial charge in [0.1, 0.15) is 16.5 Å². The van der Waals surface area contributed by atoms with E-state index in [9.17, 15) is 4.79 Å². The number of rotatable bonds is 5. The van der Waals surface area contributed by atoms with Crippen molar-refractivity contribution in [1.82, 2.24) is 10.3 Å². The SMILES string of the molecule is O=C(/C=C/c1ccc(-c2ccc(Cl)cc2Cl)o1)NC(=S)Nc1cccc(-c2nc3ccccc3s2)c1. The summed E-state index contributed by atoms with van der Waals surface area (Å²) >= 11 is 19.1. The zero-order valence-electron chi connectivity index (χ0n) is 18.5. The number of hydrogen-bond donors (Lipinski definition) is 2. The third kappa shape index (κ3) is 5.66. The van der Waals surface area contributed by atoms with Crippen molar-refractivity contribution >= 4 is 79.8 Å². The summed E-state index contributed by atoms with van der Waals surface area (Å²) in [7, 11) is 0. The van der Waals surface area contributed by atoms with E-state index >= 15 is 0 Å². The Morgan fingerprint density at radius 3 is 2.69 bits per heavy atom. The molecule has 2 aromatic heterocycles. The fraction of sp³-hybridized carbons (Fsp3) is 0. The molecule has 0 aliphatic rings. The van der Waals surface area contributed by atoms with Crippen LogP contribution in [0.1, 0.15) is 5.76 Å². The summed E-state index contributed by atoms with van der Waals surface area (Å²) in [5, 5.41) is 7.80. The Morgan fingerprint density at radius 2 is 1.86 bits per heavy atom. The van der Waals surface area contributed by atoms with Gasteiger partial charge in [0.05, 0.1) is 15.2 Å². The Balaban J connectivity index is 1.20. The highest BCUT2D eigenvalue weighted by atomic mass is 35.5. The van der Waals surface area contributed by atoms with E-state index in [1.807, 2.05) is 48.5 Å². The molecule has 0 fully saturated rings. The summed E-state index contributed by atoms with van der Waals surface area (Å²) in [5.41, 5.74) is 3.38. The third-order valence-electron chi connectivity index (χ3n) is 5.12. The van der Waals surface area contributed by atoms with Crippen LogP contribution in [0, 0.1) is 0 Å². The first kappa shape index (κ1) is 24.2. The molecular formula is C27H17Cl2N3O2S2. The summed E-state index contributed by atoms with van der Waals surface area (Å²) < 4.78 is 6.90. The van der Waals surface area contributed by atoms with E-state index in [2.05, 4.69) is 10.6 Å². The van der Waals surface area contributed by atoms with Crippen LogP contribution in [0.25, 0.3) is 38.2 Å². The minimum absolute atomic E-state index is 0.180. The molecule has 0 bridgehead atoms. The number of hydrogen-bond acceptors (Lipinski definition) is 5. The second-order valence-corrected chi connectivity index (χ2v) is 9.95. The maximum atomic E-state index is 12.4. The highest BCUT2D eigenvalue weighted by Gasteiger charge is 2.10. The molecule has 5 aromatic rings. The molecule has 36 heavy (non-hydrogen) atoms. The average Bonchev–Trinajstić information content (AvgIpc) is 3.50. The van der Waals surface area contributed by atoms with Gasteiger partial charge < -0.3 is 9.73 Å². The lowest BCUT2D eigenvalue weighted by atomic mass is 10.2. The standard InChI is InChI=1S/C27H17Cl2N3O2S2/c28-17-8-11-20(21(29)15-17)23-12-9-19(34-23)10-13-25(33)32-27(35)30-18-5-3-4-16(14-18)26-31-22-6-1-2-7-24(22)36-26/h1-15H,(H2,30,32,33,35)/b13-10+. The maximum absolute atomic E-state index is 12.4. The number of amides is 1. The molecular weight excluding hydrogens is 533 g/mol. The van der Waals surface area contributed by atoms with Gasteiger partial charge in [0.15, 0.2) is 5.11 Å². The van der Waals surface area contributed by atoms with Gasteiger partial charge in [-0.15, -0.1) is 11.3 Å². The number of halogens is 2. The molecule has 0 saturated carbocycles. The first-order valence-electron chi connectivity index (χ1n) is 10.8. The number of para-hydroxylation sites is 1. The highest BCUT2D eigenvalue weighted by Crippen LogP contribution is 2.32. The molecule has 0 radical (unpaired) electrons. The monoisotopic (exact) mass is 549 g/mol. The molecule has 2 heterocycles. The molecule has 0 atom stereocenters. The van der Waals surface area contributed by atoms with E-state index < -0.39 is 5.91 Å². The zero-order valence-corrected chi connectivity index (χ0v) is 21.6. The van der Waals surface area contributed by atoms with Crippen LogP contribution in [-0.2, 0) is 4.79 Å². The summed E-state index contributed by atoms with van der Waals surface area (Å²) in [4.78, 5) is 17.1. The number of nitrogens with zero attached hydrogens (tertiary/aromatic N) is 1. The number of carbonyl (C=O) groups excluding carboxylic acids is 1. The molecule has 5 nitrogen and oxygen atoms in total. The number of furan rings is 1. The van der Waals surface area contributed by atoms with Gasteiger partial charge in [-0.3, -0.25) is 10.1 Å². The molecule has 1 amide bonds. The third-order valence-corrected chi connectivity index (χ3v) is 6.96. The van der Waals surface area contributed by atoms with E-state index in [0.717, 1.165) is 26.5 Å². The summed E-state index contributed by atoms with van der Waals surface area (Å²) in [6.07, 6.45) is 2.90. The summed E-state index contributed by atoms with van der Waals surface area (Å²) in [6, 6.07) is 24.4. The van der Waals surface area contributed by atoms with Crippen LogP contribution in [-0.4, -0.2) is 16.0 Å². The van der Waals surface area contributed by atoms with Gasteiger partial charge in [0.25, 0.3) is 0 Å². The van der Waals surface area contributed by atoms with Crippen LogP contribution < -0.4 is 10.6 Å².